The molecule has 2 aromatic rings. The molecule has 0 bridgehead atoms. The fraction of sp³-hybridized carbons (Fsp3) is 0.304. The third-order valence-corrected chi connectivity index (χ3v) is 6.35. The molecule has 2 aliphatic rings. The van der Waals surface area contributed by atoms with E-state index in [0.717, 1.165) is 42.2 Å². The van der Waals surface area contributed by atoms with E-state index in [2.05, 4.69) is 16.8 Å². The fourth-order valence-electron chi connectivity index (χ4n) is 3.82. The zero-order valence-corrected chi connectivity index (χ0v) is 17.8. The normalized spacial score (nSPS) is 18.2. The van der Waals surface area contributed by atoms with Gasteiger partial charge in [0, 0.05) is 31.1 Å². The molecule has 1 fully saturated rings. The van der Waals surface area contributed by atoms with Gasteiger partial charge >= 0.3 is 0 Å². The summed E-state index contributed by atoms with van der Waals surface area (Å²) in [5, 5.41) is 0. The highest BCUT2D eigenvalue weighted by molar-refractivity contribution is 8.04. The van der Waals surface area contributed by atoms with Crippen molar-refractivity contribution in [3.05, 3.63) is 70.3 Å². The van der Waals surface area contributed by atoms with E-state index in [1.807, 2.05) is 62.4 Å². The summed E-state index contributed by atoms with van der Waals surface area (Å²) in [5.41, 5.74) is 3.25. The maximum Gasteiger partial charge on any atom is 0.283 e. The van der Waals surface area contributed by atoms with Crippen molar-refractivity contribution in [1.29, 1.82) is 0 Å². The molecule has 0 aromatic heterocycles. The molecule has 4 rings (SSSR count). The van der Waals surface area contributed by atoms with E-state index >= 15 is 0 Å². The van der Waals surface area contributed by atoms with Crippen LogP contribution in [0.15, 0.2) is 64.0 Å². The molecule has 2 aliphatic heterocycles. The average molecular weight is 408 g/mol. The number of amides is 2. The van der Waals surface area contributed by atoms with Crippen LogP contribution in [-0.2, 0) is 9.59 Å². The van der Waals surface area contributed by atoms with Crippen LogP contribution in [0.3, 0.4) is 0 Å². The first-order valence-electron chi connectivity index (χ1n) is 9.82. The minimum absolute atomic E-state index is 0.219. The topological polar surface area (TPSA) is 43.9 Å². The first-order valence-corrected chi connectivity index (χ1v) is 10.6. The Morgan fingerprint density at radius 1 is 0.828 bits per heavy atom. The van der Waals surface area contributed by atoms with Gasteiger partial charge in [-0.3, -0.25) is 9.59 Å². The van der Waals surface area contributed by atoms with Crippen molar-refractivity contribution in [3.63, 3.8) is 0 Å². The van der Waals surface area contributed by atoms with Crippen LogP contribution < -0.4 is 4.90 Å². The summed E-state index contributed by atoms with van der Waals surface area (Å²) in [7, 11) is 2.08. The van der Waals surface area contributed by atoms with Gasteiger partial charge in [-0.2, -0.15) is 0 Å². The number of hydrogen-bond acceptors (Lipinski definition) is 5. The van der Waals surface area contributed by atoms with E-state index in [1.54, 1.807) is 0 Å². The first kappa shape index (κ1) is 19.7. The first-order chi connectivity index (χ1) is 13.9. The van der Waals surface area contributed by atoms with Crippen molar-refractivity contribution in [1.82, 2.24) is 9.80 Å². The van der Waals surface area contributed by atoms with Crippen molar-refractivity contribution in [2.45, 2.75) is 18.7 Å². The number of carbonyl (C=O) groups is 2. The van der Waals surface area contributed by atoms with Crippen LogP contribution >= 0.6 is 11.8 Å². The highest BCUT2D eigenvalue weighted by Crippen LogP contribution is 2.39. The van der Waals surface area contributed by atoms with Crippen LogP contribution in [0.2, 0.25) is 0 Å². The highest BCUT2D eigenvalue weighted by Gasteiger charge is 2.43. The lowest BCUT2D eigenvalue weighted by Crippen LogP contribution is -2.46. The lowest BCUT2D eigenvalue weighted by atomic mass is 10.1. The average Bonchev–Trinajstić information content (AvgIpc) is 2.92. The SMILES string of the molecule is Cc1cc(C)cc(N2C(=O)C(Sc3ccccc3)=C(N3CCN(C)CC3)C2=O)c1. The van der Waals surface area contributed by atoms with Crippen LogP contribution in [-0.4, -0.2) is 54.8 Å². The van der Waals surface area contributed by atoms with Crippen molar-refractivity contribution in [3.8, 4) is 0 Å². The Bertz CT molecular complexity index is 959. The van der Waals surface area contributed by atoms with Gasteiger partial charge in [-0.05, 0) is 56.3 Å². The zero-order valence-electron chi connectivity index (χ0n) is 17.0. The van der Waals surface area contributed by atoms with Gasteiger partial charge in [0.05, 0.1) is 5.69 Å². The molecule has 0 aliphatic carbocycles. The van der Waals surface area contributed by atoms with E-state index in [-0.39, 0.29) is 11.8 Å². The maximum absolute atomic E-state index is 13.5. The number of likely N-dealkylation sites (N-methyl/N-ethyl adjacent to an activating group) is 1. The Hall–Kier alpha value is -2.57. The van der Waals surface area contributed by atoms with Crippen LogP contribution in [0.1, 0.15) is 11.1 Å². The monoisotopic (exact) mass is 407 g/mol. The number of nitrogens with zero attached hydrogens (tertiary/aromatic N) is 3. The molecular formula is C23H25N3O2S. The molecule has 29 heavy (non-hydrogen) atoms. The molecule has 0 unspecified atom stereocenters. The number of aryl methyl sites for hydroxylation is 2. The summed E-state index contributed by atoms with van der Waals surface area (Å²) >= 11 is 1.38. The van der Waals surface area contributed by atoms with Crippen LogP contribution in [0, 0.1) is 13.8 Å². The quantitative estimate of drug-likeness (QED) is 0.727. The van der Waals surface area contributed by atoms with E-state index in [4.69, 9.17) is 0 Å². The van der Waals surface area contributed by atoms with Crippen LogP contribution in [0.5, 0.6) is 0 Å². The number of imide groups is 1. The summed E-state index contributed by atoms with van der Waals surface area (Å²) in [6, 6.07) is 15.6. The van der Waals surface area contributed by atoms with Crippen molar-refractivity contribution < 1.29 is 9.59 Å². The number of piperazine rings is 1. The predicted molar refractivity (Wildman–Crippen MR) is 117 cm³/mol. The molecule has 150 valence electrons. The Morgan fingerprint density at radius 3 is 2.07 bits per heavy atom. The van der Waals surface area contributed by atoms with E-state index in [1.165, 1.54) is 16.7 Å². The summed E-state index contributed by atoms with van der Waals surface area (Å²) in [6.07, 6.45) is 0. The number of thioether (sulfide) groups is 1. The van der Waals surface area contributed by atoms with E-state index in [9.17, 15) is 9.59 Å². The molecule has 0 saturated carbocycles. The summed E-state index contributed by atoms with van der Waals surface area (Å²) in [5.74, 6) is -0.453. The summed E-state index contributed by atoms with van der Waals surface area (Å²) in [4.78, 5) is 34.1. The smallest absolute Gasteiger partial charge is 0.283 e. The van der Waals surface area contributed by atoms with Gasteiger partial charge in [0.1, 0.15) is 10.6 Å². The molecule has 0 spiro atoms. The van der Waals surface area contributed by atoms with E-state index < -0.39 is 0 Å². The third-order valence-electron chi connectivity index (χ3n) is 5.27. The minimum Gasteiger partial charge on any atom is -0.363 e. The molecule has 2 heterocycles. The Morgan fingerprint density at radius 2 is 1.45 bits per heavy atom. The second kappa shape index (κ2) is 8.05. The van der Waals surface area contributed by atoms with Crippen LogP contribution in [0.25, 0.3) is 0 Å². The molecule has 1 saturated heterocycles. The number of rotatable bonds is 4. The van der Waals surface area contributed by atoms with Gasteiger partial charge in [0.2, 0.25) is 0 Å². The number of hydrogen-bond donors (Lipinski definition) is 0. The fourth-order valence-corrected chi connectivity index (χ4v) is 4.84. The third kappa shape index (κ3) is 3.95. The molecule has 0 radical (unpaired) electrons. The van der Waals surface area contributed by atoms with Crippen molar-refractivity contribution in [2.24, 2.45) is 0 Å². The van der Waals surface area contributed by atoms with Gasteiger partial charge in [-0.25, -0.2) is 4.90 Å². The maximum atomic E-state index is 13.5. The molecule has 0 atom stereocenters. The molecule has 2 aromatic carbocycles. The van der Waals surface area contributed by atoms with Crippen molar-refractivity contribution >= 4 is 29.3 Å². The van der Waals surface area contributed by atoms with Gasteiger partial charge in [0.25, 0.3) is 11.8 Å². The lowest BCUT2D eigenvalue weighted by Gasteiger charge is -2.34. The Balaban J connectivity index is 1.74. The van der Waals surface area contributed by atoms with E-state index in [0.29, 0.717) is 16.3 Å². The van der Waals surface area contributed by atoms with Gasteiger partial charge in [0.15, 0.2) is 0 Å². The molecule has 5 nitrogen and oxygen atoms in total. The second-order valence-corrected chi connectivity index (χ2v) is 8.76. The largest absolute Gasteiger partial charge is 0.363 e. The van der Waals surface area contributed by atoms with Gasteiger partial charge in [-0.1, -0.05) is 36.0 Å². The Labute approximate surface area is 176 Å². The molecule has 6 heteroatoms. The highest BCUT2D eigenvalue weighted by atomic mass is 32.2. The van der Waals surface area contributed by atoms with Crippen molar-refractivity contribution in [2.75, 3.05) is 38.1 Å². The van der Waals surface area contributed by atoms with Gasteiger partial charge < -0.3 is 9.80 Å². The summed E-state index contributed by atoms with van der Waals surface area (Å²) < 4.78 is 0. The number of anilines is 1. The molecule has 2 amide bonds. The zero-order chi connectivity index (χ0) is 20.5. The van der Waals surface area contributed by atoms with Gasteiger partial charge in [-0.15, -0.1) is 0 Å². The minimum atomic E-state index is -0.234. The lowest BCUT2D eigenvalue weighted by molar-refractivity contribution is -0.121. The predicted octanol–water partition coefficient (Wildman–Crippen LogP) is 3.43. The number of benzene rings is 2. The van der Waals surface area contributed by atoms with Crippen LogP contribution in [0.4, 0.5) is 5.69 Å². The number of carbonyl (C=O) groups excluding carboxylic acids is 2. The second-order valence-electron chi connectivity index (χ2n) is 7.67. The Kier molecular flexibility index (Phi) is 5.48. The molecule has 0 N–H and O–H groups in total. The molecular weight excluding hydrogens is 382 g/mol. The summed E-state index contributed by atoms with van der Waals surface area (Å²) in [6.45, 7) is 7.19. The standard InChI is InChI=1S/C23H25N3O2S/c1-16-13-17(2)15-18(14-16)26-22(27)20(25-11-9-24(3)10-12-25)21(23(26)28)29-19-7-5-4-6-8-19/h4-8,13-15H,9-12H2,1-3H3.